The second kappa shape index (κ2) is 8.06. The zero-order valence-corrected chi connectivity index (χ0v) is 14.9. The largest absolute Gasteiger partial charge is 0.460 e. The second-order valence-electron chi connectivity index (χ2n) is 5.90. The normalized spacial score (nSPS) is 14.6. The van der Waals surface area contributed by atoms with Gasteiger partial charge in [0.15, 0.2) is 0 Å². The van der Waals surface area contributed by atoms with Crippen LogP contribution in [-0.4, -0.2) is 30.4 Å². The van der Waals surface area contributed by atoms with Crippen molar-refractivity contribution in [3.8, 4) is 11.3 Å². The van der Waals surface area contributed by atoms with E-state index in [0.29, 0.717) is 23.0 Å². The van der Waals surface area contributed by atoms with Crippen molar-refractivity contribution < 1.29 is 9.21 Å². The third-order valence-corrected chi connectivity index (χ3v) is 4.66. The number of hydrogen-bond donors (Lipinski definition) is 1. The summed E-state index contributed by atoms with van der Waals surface area (Å²) >= 11 is 12.1. The van der Waals surface area contributed by atoms with Gasteiger partial charge >= 0.3 is 0 Å². The third kappa shape index (κ3) is 4.32. The smallest absolute Gasteiger partial charge is 0.222 e. The Bertz CT molecular complexity index is 715. The van der Waals surface area contributed by atoms with Gasteiger partial charge in [-0.15, -0.1) is 0 Å². The molecular formula is C18H20Cl2N2O2. The molecule has 1 amide bonds. The highest BCUT2D eigenvalue weighted by atomic mass is 35.5. The van der Waals surface area contributed by atoms with Gasteiger partial charge in [-0.2, -0.15) is 0 Å². The van der Waals surface area contributed by atoms with Crippen LogP contribution in [0.25, 0.3) is 11.3 Å². The summed E-state index contributed by atoms with van der Waals surface area (Å²) < 4.78 is 5.83. The second-order valence-corrected chi connectivity index (χ2v) is 6.75. The van der Waals surface area contributed by atoms with Gasteiger partial charge in [0.25, 0.3) is 0 Å². The number of carbonyl (C=O) groups is 1. The molecule has 0 unspecified atom stereocenters. The Labute approximate surface area is 151 Å². The first-order chi connectivity index (χ1) is 11.6. The van der Waals surface area contributed by atoms with E-state index in [0.717, 1.165) is 49.6 Å². The molecule has 1 N–H and O–H groups in total. The van der Waals surface area contributed by atoms with E-state index in [1.54, 1.807) is 12.1 Å². The third-order valence-electron chi connectivity index (χ3n) is 4.11. The van der Waals surface area contributed by atoms with Crippen molar-refractivity contribution in [2.75, 3.05) is 19.6 Å². The van der Waals surface area contributed by atoms with Gasteiger partial charge in [0.05, 0.1) is 11.6 Å². The lowest BCUT2D eigenvalue weighted by atomic mass is 10.2. The number of hydrogen-bond acceptors (Lipinski definition) is 3. The van der Waals surface area contributed by atoms with Gasteiger partial charge in [0, 0.05) is 30.1 Å². The van der Waals surface area contributed by atoms with E-state index in [1.807, 2.05) is 23.1 Å². The lowest BCUT2D eigenvalue weighted by Gasteiger charge is -2.15. The van der Waals surface area contributed by atoms with E-state index in [9.17, 15) is 4.79 Å². The van der Waals surface area contributed by atoms with Crippen LogP contribution in [0.5, 0.6) is 0 Å². The lowest BCUT2D eigenvalue weighted by Crippen LogP contribution is -2.28. The van der Waals surface area contributed by atoms with Crippen LogP contribution in [0.1, 0.15) is 25.0 Å². The zero-order chi connectivity index (χ0) is 16.9. The molecule has 6 heteroatoms. The summed E-state index contributed by atoms with van der Waals surface area (Å²) in [5.41, 5.74) is 0.833. The van der Waals surface area contributed by atoms with Crippen LogP contribution < -0.4 is 5.32 Å². The predicted molar refractivity (Wildman–Crippen MR) is 96.3 cm³/mol. The van der Waals surface area contributed by atoms with E-state index < -0.39 is 0 Å². The van der Waals surface area contributed by atoms with Gasteiger partial charge in [-0.05, 0) is 49.7 Å². The highest BCUT2D eigenvalue weighted by Crippen LogP contribution is 2.31. The van der Waals surface area contributed by atoms with Crippen LogP contribution in [0.3, 0.4) is 0 Å². The van der Waals surface area contributed by atoms with Gasteiger partial charge < -0.3 is 14.6 Å². The zero-order valence-electron chi connectivity index (χ0n) is 13.4. The molecule has 0 aliphatic carbocycles. The Morgan fingerprint density at radius 1 is 1.21 bits per heavy atom. The topological polar surface area (TPSA) is 45.5 Å². The summed E-state index contributed by atoms with van der Waals surface area (Å²) in [6.45, 7) is 3.23. The number of carbonyl (C=O) groups excluding carboxylic acids is 1. The maximum Gasteiger partial charge on any atom is 0.222 e. The van der Waals surface area contributed by atoms with Gasteiger partial charge in [0.1, 0.15) is 11.5 Å². The average molecular weight is 367 g/mol. The molecule has 4 nitrogen and oxygen atoms in total. The molecule has 1 saturated heterocycles. The molecule has 2 heterocycles. The van der Waals surface area contributed by atoms with E-state index >= 15 is 0 Å². The summed E-state index contributed by atoms with van der Waals surface area (Å²) in [5, 5.41) is 4.52. The Hall–Kier alpha value is -1.49. The molecule has 1 aliphatic rings. The fourth-order valence-corrected chi connectivity index (χ4v) is 3.36. The summed E-state index contributed by atoms with van der Waals surface area (Å²) in [5.74, 6) is 1.87. The van der Waals surface area contributed by atoms with Gasteiger partial charge in [0.2, 0.25) is 5.91 Å². The number of furan rings is 1. The molecule has 1 aromatic heterocycles. The molecule has 0 bridgehead atoms. The summed E-state index contributed by atoms with van der Waals surface area (Å²) in [6, 6.07) is 9.21. The molecule has 128 valence electrons. The van der Waals surface area contributed by atoms with Crippen molar-refractivity contribution >= 4 is 29.1 Å². The number of benzene rings is 1. The summed E-state index contributed by atoms with van der Waals surface area (Å²) in [6.07, 6.45) is 2.65. The number of rotatable bonds is 7. The highest BCUT2D eigenvalue weighted by Gasteiger charge is 2.18. The molecule has 0 saturated carbocycles. The molecule has 0 radical (unpaired) electrons. The summed E-state index contributed by atoms with van der Waals surface area (Å²) in [7, 11) is 0. The molecule has 0 atom stereocenters. The van der Waals surface area contributed by atoms with Crippen molar-refractivity contribution in [2.24, 2.45) is 0 Å². The van der Waals surface area contributed by atoms with Crippen molar-refractivity contribution in [1.82, 2.24) is 10.2 Å². The number of nitrogens with zero attached hydrogens (tertiary/aromatic N) is 1. The fraction of sp³-hybridized carbons (Fsp3) is 0.389. The number of nitrogens with one attached hydrogen (secondary N) is 1. The Morgan fingerprint density at radius 3 is 2.83 bits per heavy atom. The number of likely N-dealkylation sites (tertiary alicyclic amines) is 1. The molecule has 3 rings (SSSR count). The molecule has 1 aliphatic heterocycles. The van der Waals surface area contributed by atoms with E-state index in [2.05, 4.69) is 5.32 Å². The molecule has 1 aromatic carbocycles. The van der Waals surface area contributed by atoms with Gasteiger partial charge in [-0.1, -0.05) is 23.2 Å². The molecular weight excluding hydrogens is 347 g/mol. The van der Waals surface area contributed by atoms with Crippen LogP contribution in [0, 0.1) is 0 Å². The maximum atomic E-state index is 11.5. The number of halogens is 2. The predicted octanol–water partition coefficient (Wildman–Crippen LogP) is 4.36. The quantitative estimate of drug-likeness (QED) is 0.740. The van der Waals surface area contributed by atoms with Crippen LogP contribution in [0.2, 0.25) is 10.0 Å². The van der Waals surface area contributed by atoms with E-state index in [1.165, 1.54) is 0 Å². The summed E-state index contributed by atoms with van der Waals surface area (Å²) in [4.78, 5) is 13.5. The van der Waals surface area contributed by atoms with Crippen LogP contribution in [-0.2, 0) is 11.3 Å². The van der Waals surface area contributed by atoms with Gasteiger partial charge in [-0.25, -0.2) is 0 Å². The lowest BCUT2D eigenvalue weighted by molar-refractivity contribution is -0.127. The minimum absolute atomic E-state index is 0.283. The van der Waals surface area contributed by atoms with Crippen LogP contribution in [0.15, 0.2) is 34.7 Å². The van der Waals surface area contributed by atoms with E-state index in [4.69, 9.17) is 27.6 Å². The van der Waals surface area contributed by atoms with Crippen molar-refractivity contribution in [3.63, 3.8) is 0 Å². The maximum absolute atomic E-state index is 11.5. The number of amides is 1. The minimum atomic E-state index is 0.283. The molecule has 24 heavy (non-hydrogen) atoms. The van der Waals surface area contributed by atoms with E-state index in [-0.39, 0.29) is 5.91 Å². The SMILES string of the molecule is O=C1CCCN1CCCNCc1ccc(-c2ccc(Cl)cc2Cl)o1. The first-order valence-corrected chi connectivity index (χ1v) is 8.92. The first-order valence-electron chi connectivity index (χ1n) is 8.16. The molecule has 0 spiro atoms. The Kier molecular flexibility index (Phi) is 5.82. The van der Waals surface area contributed by atoms with Crippen molar-refractivity contribution in [3.05, 3.63) is 46.1 Å². The fourth-order valence-electron chi connectivity index (χ4n) is 2.85. The van der Waals surface area contributed by atoms with Crippen LogP contribution in [0.4, 0.5) is 0 Å². The minimum Gasteiger partial charge on any atom is -0.460 e. The highest BCUT2D eigenvalue weighted by molar-refractivity contribution is 6.36. The molecule has 1 fully saturated rings. The van der Waals surface area contributed by atoms with Gasteiger partial charge in [-0.3, -0.25) is 4.79 Å². The van der Waals surface area contributed by atoms with Crippen LogP contribution >= 0.6 is 23.2 Å². The first kappa shape index (κ1) is 17.3. The Morgan fingerprint density at radius 2 is 2.08 bits per heavy atom. The van der Waals surface area contributed by atoms with Crippen molar-refractivity contribution in [1.29, 1.82) is 0 Å². The standard InChI is InChI=1S/C18H20Cl2N2O2/c19-13-4-6-15(16(20)11-13)17-7-5-14(24-17)12-21-8-2-10-22-9-1-3-18(22)23/h4-7,11,21H,1-3,8-10,12H2. The average Bonchev–Trinajstić information content (AvgIpc) is 3.17. The van der Waals surface area contributed by atoms with Crippen molar-refractivity contribution in [2.45, 2.75) is 25.8 Å². The Balaban J connectivity index is 1.45. The molecule has 2 aromatic rings. The monoisotopic (exact) mass is 366 g/mol.